The maximum Gasteiger partial charge on any atom is 0.182 e. The van der Waals surface area contributed by atoms with Gasteiger partial charge in [0.15, 0.2) is 5.78 Å². The predicted molar refractivity (Wildman–Crippen MR) is 113 cm³/mol. The first-order valence-corrected chi connectivity index (χ1v) is 8.79. The molecule has 2 aromatic carbocycles. The number of anilines is 1. The maximum absolute atomic E-state index is 12.8. The highest BCUT2D eigenvalue weighted by molar-refractivity contribution is 8.93. The Morgan fingerprint density at radius 2 is 1.81 bits per heavy atom. The van der Waals surface area contributed by atoms with Gasteiger partial charge in [-0.2, -0.15) is 0 Å². The fraction of sp³-hybridized carbons (Fsp3) is 0.300. The second kappa shape index (κ2) is 9.74. The van der Waals surface area contributed by atoms with Gasteiger partial charge in [0, 0.05) is 29.2 Å². The minimum atomic E-state index is 0. The number of rotatable bonds is 5. The van der Waals surface area contributed by atoms with Crippen LogP contribution in [-0.2, 0) is 0 Å². The molecule has 0 radical (unpaired) electrons. The first-order valence-electron chi connectivity index (χ1n) is 8.41. The Labute approximate surface area is 169 Å². The normalized spacial score (nSPS) is 13.4. The number of carbonyl (C=O) groups is 1. The zero-order valence-electron chi connectivity index (χ0n) is 14.7. The summed E-state index contributed by atoms with van der Waals surface area (Å²) in [6, 6.07) is 14.7. The molecule has 0 unspecified atom stereocenters. The van der Waals surface area contributed by atoms with Crippen molar-refractivity contribution in [2.75, 3.05) is 25.1 Å². The zero-order chi connectivity index (χ0) is 17.6. The van der Waals surface area contributed by atoms with Crippen molar-refractivity contribution in [3.8, 4) is 5.75 Å². The van der Waals surface area contributed by atoms with Gasteiger partial charge in [-0.25, -0.2) is 0 Å². The first kappa shape index (κ1) is 20.5. The van der Waals surface area contributed by atoms with Crippen LogP contribution < -0.4 is 9.64 Å². The minimum absolute atomic E-state index is 0. The molecule has 3 rings (SSSR count). The molecule has 0 bridgehead atoms. The summed E-state index contributed by atoms with van der Waals surface area (Å²) in [6.45, 7) is 1.07. The van der Waals surface area contributed by atoms with E-state index >= 15 is 0 Å². The quantitative estimate of drug-likeness (QED) is 0.604. The predicted octanol–water partition coefficient (Wildman–Crippen LogP) is 5.20. The number of halogens is 2. The Morgan fingerprint density at radius 1 is 1.12 bits per heavy atom. The number of aliphatic imine (C=N–C) groups is 1. The first-order chi connectivity index (χ1) is 12.2. The topological polar surface area (TPSA) is 41.9 Å². The fourth-order valence-corrected chi connectivity index (χ4v) is 2.99. The Kier molecular flexibility index (Phi) is 7.66. The van der Waals surface area contributed by atoms with E-state index in [1.54, 1.807) is 31.4 Å². The van der Waals surface area contributed by atoms with E-state index in [1.807, 2.05) is 29.2 Å². The summed E-state index contributed by atoms with van der Waals surface area (Å²) in [4.78, 5) is 19.4. The molecule has 0 N–H and O–H groups in total. The number of benzene rings is 2. The van der Waals surface area contributed by atoms with Crippen LogP contribution >= 0.6 is 28.6 Å². The van der Waals surface area contributed by atoms with E-state index in [0.29, 0.717) is 10.6 Å². The van der Waals surface area contributed by atoms with E-state index < -0.39 is 0 Å². The van der Waals surface area contributed by atoms with E-state index in [2.05, 4.69) is 4.99 Å². The maximum atomic E-state index is 12.8. The molecule has 0 aliphatic carbocycles. The number of amidine groups is 1. The summed E-state index contributed by atoms with van der Waals surface area (Å²) in [7, 11) is 1.61. The molecule has 1 aliphatic rings. The molecular formula is C20H22BrClN2O2. The molecule has 0 aromatic heterocycles. The molecule has 0 atom stereocenters. The molecular weight excluding hydrogens is 416 g/mol. The number of methoxy groups -OCH3 is 1. The number of nitrogens with zero attached hydrogens (tertiary/aromatic N) is 2. The number of hydrogen-bond donors (Lipinski definition) is 0. The van der Waals surface area contributed by atoms with Gasteiger partial charge in [0.05, 0.1) is 13.7 Å². The average Bonchev–Trinajstić information content (AvgIpc) is 2.67. The van der Waals surface area contributed by atoms with Crippen molar-refractivity contribution in [1.29, 1.82) is 0 Å². The summed E-state index contributed by atoms with van der Waals surface area (Å²) in [5.74, 6) is 1.75. The second-order valence-corrected chi connectivity index (χ2v) is 6.41. The Hall–Kier alpha value is -1.85. The van der Waals surface area contributed by atoms with Crippen LogP contribution in [0, 0.1) is 0 Å². The fourth-order valence-electron chi connectivity index (χ4n) is 2.87. The molecule has 0 fully saturated rings. The van der Waals surface area contributed by atoms with Gasteiger partial charge in [-0.15, -0.1) is 17.0 Å². The Morgan fingerprint density at radius 3 is 2.38 bits per heavy atom. The molecule has 0 saturated heterocycles. The summed E-state index contributed by atoms with van der Waals surface area (Å²) in [5, 5.41) is 0.677. The summed E-state index contributed by atoms with van der Waals surface area (Å²) < 4.78 is 5.15. The van der Waals surface area contributed by atoms with Crippen LogP contribution in [0.15, 0.2) is 53.5 Å². The molecule has 0 spiro atoms. The van der Waals surface area contributed by atoms with E-state index in [9.17, 15) is 4.79 Å². The third-order valence-electron chi connectivity index (χ3n) is 4.27. The van der Waals surface area contributed by atoms with Crippen molar-refractivity contribution in [2.24, 2.45) is 4.99 Å². The molecule has 26 heavy (non-hydrogen) atoms. The standard InChI is InChI=1S/C20H21ClN2O2.BrH/c1-25-18-11-5-15(6-12-18)19(24)14-23(20-4-2-3-13-22-20)17-9-7-16(21)8-10-17;/h5-12H,2-4,13-14H2,1H3;1H. The third kappa shape index (κ3) is 5.08. The SMILES string of the molecule is Br.COc1ccc(C(=O)CN(C2=NCCCC2)c2ccc(Cl)cc2)cc1. The van der Waals surface area contributed by atoms with Gasteiger partial charge in [-0.3, -0.25) is 9.79 Å². The molecule has 2 aromatic rings. The highest BCUT2D eigenvalue weighted by Gasteiger charge is 2.20. The molecule has 1 heterocycles. The highest BCUT2D eigenvalue weighted by atomic mass is 79.9. The van der Waals surface area contributed by atoms with Gasteiger partial charge in [-0.05, 0) is 61.4 Å². The lowest BCUT2D eigenvalue weighted by atomic mass is 10.1. The van der Waals surface area contributed by atoms with Gasteiger partial charge in [-0.1, -0.05) is 11.6 Å². The van der Waals surface area contributed by atoms with E-state index in [1.165, 1.54) is 0 Å². The molecule has 0 amide bonds. The van der Waals surface area contributed by atoms with Gasteiger partial charge in [0.1, 0.15) is 11.6 Å². The average molecular weight is 438 g/mol. The van der Waals surface area contributed by atoms with Crippen LogP contribution in [0.25, 0.3) is 0 Å². The van der Waals surface area contributed by atoms with Crippen molar-refractivity contribution < 1.29 is 9.53 Å². The van der Waals surface area contributed by atoms with Crippen molar-refractivity contribution in [1.82, 2.24) is 0 Å². The molecule has 6 heteroatoms. The Bertz CT molecular complexity index is 760. The lowest BCUT2D eigenvalue weighted by Gasteiger charge is -2.28. The van der Waals surface area contributed by atoms with Gasteiger partial charge >= 0.3 is 0 Å². The van der Waals surface area contributed by atoms with E-state index in [-0.39, 0.29) is 29.3 Å². The van der Waals surface area contributed by atoms with Crippen molar-refractivity contribution in [2.45, 2.75) is 19.3 Å². The van der Waals surface area contributed by atoms with Gasteiger partial charge in [0.2, 0.25) is 0 Å². The van der Waals surface area contributed by atoms with Crippen molar-refractivity contribution in [3.63, 3.8) is 0 Å². The third-order valence-corrected chi connectivity index (χ3v) is 4.52. The number of ketones is 1. The van der Waals surface area contributed by atoms with Gasteiger partial charge < -0.3 is 9.64 Å². The molecule has 4 nitrogen and oxygen atoms in total. The van der Waals surface area contributed by atoms with Crippen LogP contribution in [0.4, 0.5) is 5.69 Å². The van der Waals surface area contributed by atoms with Crippen LogP contribution in [0.1, 0.15) is 29.6 Å². The van der Waals surface area contributed by atoms with Crippen LogP contribution in [0.5, 0.6) is 5.75 Å². The molecule has 1 aliphatic heterocycles. The lowest BCUT2D eigenvalue weighted by molar-refractivity contribution is 0.100. The summed E-state index contributed by atoms with van der Waals surface area (Å²) >= 11 is 6.00. The zero-order valence-corrected chi connectivity index (χ0v) is 17.1. The monoisotopic (exact) mass is 436 g/mol. The van der Waals surface area contributed by atoms with Gasteiger partial charge in [0.25, 0.3) is 0 Å². The smallest absolute Gasteiger partial charge is 0.182 e. The molecule has 138 valence electrons. The van der Waals surface area contributed by atoms with Crippen LogP contribution in [0.2, 0.25) is 5.02 Å². The Balaban J connectivity index is 0.00000243. The van der Waals surface area contributed by atoms with E-state index in [0.717, 1.165) is 43.1 Å². The largest absolute Gasteiger partial charge is 0.497 e. The number of Topliss-reactive ketones (excluding diaryl/α,β-unsaturated/α-hetero) is 1. The minimum Gasteiger partial charge on any atom is -0.497 e. The highest BCUT2D eigenvalue weighted by Crippen LogP contribution is 2.22. The lowest BCUT2D eigenvalue weighted by Crippen LogP contribution is -2.37. The number of carbonyl (C=O) groups excluding carboxylic acids is 1. The number of ether oxygens (including phenoxy) is 1. The summed E-state index contributed by atoms with van der Waals surface area (Å²) in [5.41, 5.74) is 1.60. The second-order valence-electron chi connectivity index (χ2n) is 5.97. The van der Waals surface area contributed by atoms with Crippen LogP contribution in [-0.4, -0.2) is 31.8 Å². The molecule has 0 saturated carbocycles. The van der Waals surface area contributed by atoms with E-state index in [4.69, 9.17) is 16.3 Å². The van der Waals surface area contributed by atoms with Crippen molar-refractivity contribution >= 4 is 45.9 Å². The summed E-state index contributed by atoms with van der Waals surface area (Å²) in [6.07, 6.45) is 3.09. The number of hydrogen-bond acceptors (Lipinski definition) is 4. The van der Waals surface area contributed by atoms with Crippen molar-refractivity contribution in [3.05, 3.63) is 59.1 Å². The van der Waals surface area contributed by atoms with Crippen LogP contribution in [0.3, 0.4) is 0 Å².